The van der Waals surface area contributed by atoms with Gasteiger partial charge in [0.1, 0.15) is 5.82 Å². The molecule has 0 unspecified atom stereocenters. The Morgan fingerprint density at radius 1 is 1.37 bits per heavy atom. The van der Waals surface area contributed by atoms with E-state index in [-0.39, 0.29) is 5.41 Å². The van der Waals surface area contributed by atoms with Crippen LogP contribution in [0.15, 0.2) is 12.3 Å². The normalized spacial score (nSPS) is 16.5. The third kappa shape index (κ3) is 1.90. The van der Waals surface area contributed by atoms with Crippen molar-refractivity contribution in [1.82, 2.24) is 14.6 Å². The van der Waals surface area contributed by atoms with Gasteiger partial charge in [-0.15, -0.1) is 0 Å². The van der Waals surface area contributed by atoms with Crippen molar-refractivity contribution in [1.29, 1.82) is 0 Å². The predicted octanol–water partition coefficient (Wildman–Crippen LogP) is 3.12. The summed E-state index contributed by atoms with van der Waals surface area (Å²) >= 11 is 0. The Bertz CT molecular complexity index is 620. The summed E-state index contributed by atoms with van der Waals surface area (Å²) in [6.07, 6.45) is 4.49. The first kappa shape index (κ1) is 12.5. The van der Waals surface area contributed by atoms with Crippen LogP contribution in [0.2, 0.25) is 0 Å². The van der Waals surface area contributed by atoms with Crippen LogP contribution < -0.4 is 5.73 Å². The SMILES string of the molecule is CC(C)c1cnn2c(N)cc(C(C)(C)C3CC3)nc12. The molecule has 0 atom stereocenters. The first-order valence-corrected chi connectivity index (χ1v) is 7.06. The van der Waals surface area contributed by atoms with E-state index >= 15 is 0 Å². The Morgan fingerprint density at radius 2 is 2.05 bits per heavy atom. The van der Waals surface area contributed by atoms with Crippen LogP contribution in [0.4, 0.5) is 5.82 Å². The third-order valence-electron chi connectivity index (χ3n) is 4.41. The average molecular weight is 258 g/mol. The minimum atomic E-state index is 0.106. The maximum atomic E-state index is 6.15. The highest BCUT2D eigenvalue weighted by molar-refractivity contribution is 5.54. The molecule has 19 heavy (non-hydrogen) atoms. The van der Waals surface area contributed by atoms with Gasteiger partial charge >= 0.3 is 0 Å². The highest BCUT2D eigenvalue weighted by Gasteiger charge is 2.40. The van der Waals surface area contributed by atoms with E-state index in [1.54, 1.807) is 4.52 Å². The van der Waals surface area contributed by atoms with Gasteiger partial charge in [0.2, 0.25) is 0 Å². The van der Waals surface area contributed by atoms with Crippen molar-refractivity contribution in [3.8, 4) is 0 Å². The second-order valence-corrected chi connectivity index (χ2v) is 6.55. The largest absolute Gasteiger partial charge is 0.384 e. The second kappa shape index (κ2) is 3.95. The summed E-state index contributed by atoms with van der Waals surface area (Å²) in [5.41, 5.74) is 9.44. The number of nitrogens with two attached hydrogens (primary N) is 1. The van der Waals surface area contributed by atoms with Crippen LogP contribution in [-0.2, 0) is 5.41 Å². The molecule has 102 valence electrons. The molecule has 0 saturated heterocycles. The van der Waals surface area contributed by atoms with Crippen molar-refractivity contribution < 1.29 is 0 Å². The third-order valence-corrected chi connectivity index (χ3v) is 4.41. The smallest absolute Gasteiger partial charge is 0.161 e. The minimum absolute atomic E-state index is 0.106. The van der Waals surface area contributed by atoms with Gasteiger partial charge in [0, 0.05) is 17.0 Å². The lowest BCUT2D eigenvalue weighted by molar-refractivity contribution is 0.441. The van der Waals surface area contributed by atoms with E-state index in [4.69, 9.17) is 10.7 Å². The van der Waals surface area contributed by atoms with Crippen molar-refractivity contribution in [3.05, 3.63) is 23.5 Å². The number of nitrogen functional groups attached to an aromatic ring is 1. The number of rotatable bonds is 3. The van der Waals surface area contributed by atoms with Gasteiger partial charge in [-0.2, -0.15) is 9.61 Å². The molecule has 0 amide bonds. The van der Waals surface area contributed by atoms with E-state index in [2.05, 4.69) is 32.8 Å². The molecule has 1 saturated carbocycles. The van der Waals surface area contributed by atoms with Crippen LogP contribution in [0.25, 0.3) is 5.65 Å². The zero-order valence-corrected chi connectivity index (χ0v) is 12.1. The van der Waals surface area contributed by atoms with E-state index in [0.29, 0.717) is 11.7 Å². The molecule has 1 aliphatic rings. The second-order valence-electron chi connectivity index (χ2n) is 6.55. The molecular formula is C15H22N4. The highest BCUT2D eigenvalue weighted by Crippen LogP contribution is 2.46. The fraction of sp³-hybridized carbons (Fsp3) is 0.600. The molecule has 3 rings (SSSR count). The van der Waals surface area contributed by atoms with Crippen molar-refractivity contribution in [2.24, 2.45) is 5.92 Å². The van der Waals surface area contributed by atoms with Crippen LogP contribution in [0.3, 0.4) is 0 Å². The first-order chi connectivity index (χ1) is 8.91. The Labute approximate surface area is 114 Å². The molecule has 0 aliphatic heterocycles. The maximum Gasteiger partial charge on any atom is 0.161 e. The zero-order valence-electron chi connectivity index (χ0n) is 12.1. The minimum Gasteiger partial charge on any atom is -0.384 e. The Balaban J connectivity index is 2.19. The lowest BCUT2D eigenvalue weighted by atomic mass is 9.83. The van der Waals surface area contributed by atoms with Crippen LogP contribution in [0, 0.1) is 5.92 Å². The Hall–Kier alpha value is -1.58. The molecule has 1 fully saturated rings. The first-order valence-electron chi connectivity index (χ1n) is 7.06. The topological polar surface area (TPSA) is 56.2 Å². The highest BCUT2D eigenvalue weighted by atomic mass is 15.3. The Morgan fingerprint density at radius 3 is 2.63 bits per heavy atom. The van der Waals surface area contributed by atoms with Gasteiger partial charge in [-0.3, -0.25) is 0 Å². The lowest BCUT2D eigenvalue weighted by Crippen LogP contribution is -2.22. The standard InChI is InChI=1S/C15H22N4/c1-9(2)11-8-17-19-13(16)7-12(18-14(11)19)15(3,4)10-5-6-10/h7-10H,5-6,16H2,1-4H3. The molecule has 0 aromatic carbocycles. The summed E-state index contributed by atoms with van der Waals surface area (Å²) in [6, 6.07) is 1.99. The van der Waals surface area contributed by atoms with Gasteiger partial charge in [-0.05, 0) is 24.7 Å². The number of fused-ring (bicyclic) bond motifs is 1. The number of hydrogen-bond donors (Lipinski definition) is 1. The maximum absolute atomic E-state index is 6.15. The van der Waals surface area contributed by atoms with Gasteiger partial charge in [-0.1, -0.05) is 27.7 Å². The van der Waals surface area contributed by atoms with Crippen LogP contribution in [0.1, 0.15) is 57.7 Å². The molecule has 2 heterocycles. The number of nitrogens with zero attached hydrogens (tertiary/aromatic N) is 3. The van der Waals surface area contributed by atoms with Crippen molar-refractivity contribution in [2.45, 2.75) is 51.9 Å². The van der Waals surface area contributed by atoms with Gasteiger partial charge < -0.3 is 5.73 Å². The molecular weight excluding hydrogens is 236 g/mol. The molecule has 2 aromatic rings. The molecule has 0 bridgehead atoms. The van der Waals surface area contributed by atoms with E-state index < -0.39 is 0 Å². The fourth-order valence-electron chi connectivity index (χ4n) is 2.75. The van der Waals surface area contributed by atoms with E-state index in [1.807, 2.05) is 12.3 Å². The van der Waals surface area contributed by atoms with Crippen LogP contribution in [0.5, 0.6) is 0 Å². The average Bonchev–Trinajstić information content (AvgIpc) is 3.09. The summed E-state index contributed by atoms with van der Waals surface area (Å²) in [5.74, 6) is 1.83. The quantitative estimate of drug-likeness (QED) is 0.920. The summed E-state index contributed by atoms with van der Waals surface area (Å²) in [7, 11) is 0. The van der Waals surface area contributed by atoms with Crippen molar-refractivity contribution >= 4 is 11.5 Å². The molecule has 0 radical (unpaired) electrons. The van der Waals surface area contributed by atoms with Crippen molar-refractivity contribution in [3.63, 3.8) is 0 Å². The molecule has 2 N–H and O–H groups in total. The molecule has 4 heteroatoms. The fourth-order valence-corrected chi connectivity index (χ4v) is 2.75. The number of aromatic nitrogens is 3. The summed E-state index contributed by atoms with van der Waals surface area (Å²) in [4.78, 5) is 4.87. The van der Waals surface area contributed by atoms with Crippen molar-refractivity contribution in [2.75, 3.05) is 5.73 Å². The van der Waals surface area contributed by atoms with Gasteiger partial charge in [0.15, 0.2) is 5.65 Å². The zero-order chi connectivity index (χ0) is 13.8. The van der Waals surface area contributed by atoms with Crippen LogP contribution >= 0.6 is 0 Å². The molecule has 1 aliphatic carbocycles. The van der Waals surface area contributed by atoms with Gasteiger partial charge in [0.05, 0.1) is 11.9 Å². The summed E-state index contributed by atoms with van der Waals surface area (Å²) in [6.45, 7) is 8.86. The Kier molecular flexibility index (Phi) is 2.59. The predicted molar refractivity (Wildman–Crippen MR) is 77.2 cm³/mol. The van der Waals surface area contributed by atoms with Gasteiger partial charge in [0.25, 0.3) is 0 Å². The number of anilines is 1. The van der Waals surface area contributed by atoms with Gasteiger partial charge in [-0.25, -0.2) is 4.98 Å². The number of hydrogen-bond acceptors (Lipinski definition) is 3. The van der Waals surface area contributed by atoms with E-state index in [9.17, 15) is 0 Å². The summed E-state index contributed by atoms with van der Waals surface area (Å²) < 4.78 is 1.75. The molecule has 4 nitrogen and oxygen atoms in total. The van der Waals surface area contributed by atoms with E-state index in [0.717, 1.165) is 17.3 Å². The van der Waals surface area contributed by atoms with Crippen LogP contribution in [-0.4, -0.2) is 14.6 Å². The lowest BCUT2D eigenvalue weighted by Gasteiger charge is -2.24. The molecule has 0 spiro atoms. The van der Waals surface area contributed by atoms with E-state index in [1.165, 1.54) is 18.4 Å². The molecule has 2 aromatic heterocycles. The monoisotopic (exact) mass is 258 g/mol. The summed E-state index contributed by atoms with van der Waals surface area (Å²) in [5, 5.41) is 4.35.